The first-order valence-electron chi connectivity index (χ1n) is 10.7. The Bertz CT molecular complexity index is 808. The summed E-state index contributed by atoms with van der Waals surface area (Å²) in [7, 11) is 1.69. The molecule has 1 fully saturated rings. The SMILES string of the molecule is CC[C@H](NC(=O)C1CCN(Cc2ccc(C)cc2)CC1)c1ccc(OC)c(C)c1. The number of hydrogen-bond donors (Lipinski definition) is 1. The summed E-state index contributed by atoms with van der Waals surface area (Å²) in [6, 6.07) is 15.0. The van der Waals surface area contributed by atoms with E-state index >= 15 is 0 Å². The van der Waals surface area contributed by atoms with E-state index in [1.54, 1.807) is 7.11 Å². The van der Waals surface area contributed by atoms with Crippen LogP contribution in [0, 0.1) is 19.8 Å². The Morgan fingerprint density at radius 2 is 1.83 bits per heavy atom. The van der Waals surface area contributed by atoms with Gasteiger partial charge in [0.05, 0.1) is 13.2 Å². The molecule has 3 rings (SSSR count). The molecule has 1 atom stereocenters. The van der Waals surface area contributed by atoms with Gasteiger partial charge in [-0.25, -0.2) is 0 Å². The van der Waals surface area contributed by atoms with Gasteiger partial charge in [0.2, 0.25) is 5.91 Å². The molecule has 1 saturated heterocycles. The maximum absolute atomic E-state index is 12.9. The van der Waals surface area contributed by atoms with Gasteiger partial charge in [-0.2, -0.15) is 0 Å². The molecular weight excluding hydrogens is 360 g/mol. The standard InChI is InChI=1S/C25H34N2O2/c1-5-23(22-10-11-24(29-4)19(3)16-22)26-25(28)21-12-14-27(15-13-21)17-20-8-6-18(2)7-9-20/h6-11,16,21,23H,5,12-15,17H2,1-4H3,(H,26,28)/t23-/m0/s1. The van der Waals surface area contributed by atoms with Gasteiger partial charge >= 0.3 is 0 Å². The van der Waals surface area contributed by atoms with Crippen molar-refractivity contribution >= 4 is 5.91 Å². The number of carbonyl (C=O) groups is 1. The molecule has 0 bridgehead atoms. The number of aryl methyl sites for hydroxylation is 2. The van der Waals surface area contributed by atoms with Gasteiger partial charge in [-0.15, -0.1) is 0 Å². The van der Waals surface area contributed by atoms with Gasteiger partial charge in [0.25, 0.3) is 0 Å². The van der Waals surface area contributed by atoms with Crippen molar-refractivity contribution in [1.82, 2.24) is 10.2 Å². The molecule has 4 nitrogen and oxygen atoms in total. The van der Waals surface area contributed by atoms with Crippen molar-refractivity contribution in [1.29, 1.82) is 0 Å². The van der Waals surface area contributed by atoms with Crippen LogP contribution >= 0.6 is 0 Å². The van der Waals surface area contributed by atoms with Crippen molar-refractivity contribution in [2.45, 2.75) is 52.6 Å². The van der Waals surface area contributed by atoms with Crippen LogP contribution in [0.15, 0.2) is 42.5 Å². The Morgan fingerprint density at radius 3 is 2.41 bits per heavy atom. The van der Waals surface area contributed by atoms with Crippen LogP contribution in [0.25, 0.3) is 0 Å². The van der Waals surface area contributed by atoms with Gasteiger partial charge in [0.15, 0.2) is 0 Å². The Hall–Kier alpha value is -2.33. The average Bonchev–Trinajstić information content (AvgIpc) is 2.74. The maximum atomic E-state index is 12.9. The number of amides is 1. The largest absolute Gasteiger partial charge is 0.496 e. The van der Waals surface area contributed by atoms with E-state index in [0.717, 1.165) is 55.8 Å². The summed E-state index contributed by atoms with van der Waals surface area (Å²) in [6.07, 6.45) is 2.73. The highest BCUT2D eigenvalue weighted by Gasteiger charge is 2.26. The quantitative estimate of drug-likeness (QED) is 0.734. The van der Waals surface area contributed by atoms with Gasteiger partial charge in [0, 0.05) is 12.5 Å². The summed E-state index contributed by atoms with van der Waals surface area (Å²) in [5, 5.41) is 3.29. The van der Waals surface area contributed by atoms with Crippen molar-refractivity contribution in [3.8, 4) is 5.75 Å². The van der Waals surface area contributed by atoms with Gasteiger partial charge in [-0.3, -0.25) is 9.69 Å². The third-order valence-corrected chi connectivity index (χ3v) is 6.03. The number of hydrogen-bond acceptors (Lipinski definition) is 3. The molecule has 156 valence electrons. The lowest BCUT2D eigenvalue weighted by Crippen LogP contribution is -2.41. The van der Waals surface area contributed by atoms with Crippen LogP contribution in [-0.2, 0) is 11.3 Å². The molecule has 0 aliphatic carbocycles. The minimum Gasteiger partial charge on any atom is -0.496 e. The number of methoxy groups -OCH3 is 1. The number of rotatable bonds is 7. The summed E-state index contributed by atoms with van der Waals surface area (Å²) in [4.78, 5) is 15.4. The first-order valence-corrected chi connectivity index (χ1v) is 10.7. The topological polar surface area (TPSA) is 41.6 Å². The fourth-order valence-corrected chi connectivity index (χ4v) is 4.13. The average molecular weight is 395 g/mol. The minimum absolute atomic E-state index is 0.0534. The summed E-state index contributed by atoms with van der Waals surface area (Å²) in [6.45, 7) is 9.20. The van der Waals surface area contributed by atoms with Crippen LogP contribution in [0.1, 0.15) is 54.5 Å². The molecule has 4 heteroatoms. The summed E-state index contributed by atoms with van der Waals surface area (Å²) in [5.41, 5.74) is 4.89. The van der Waals surface area contributed by atoms with E-state index in [9.17, 15) is 4.79 Å². The Kier molecular flexibility index (Phi) is 7.32. The van der Waals surface area contributed by atoms with Gasteiger partial charge < -0.3 is 10.1 Å². The number of nitrogens with zero attached hydrogens (tertiary/aromatic N) is 1. The zero-order valence-corrected chi connectivity index (χ0v) is 18.2. The zero-order valence-electron chi connectivity index (χ0n) is 18.2. The molecule has 2 aromatic rings. The van der Waals surface area contributed by atoms with E-state index in [0.29, 0.717) is 0 Å². The number of piperidine rings is 1. The smallest absolute Gasteiger partial charge is 0.223 e. The number of carbonyl (C=O) groups excluding carboxylic acids is 1. The third kappa shape index (κ3) is 5.60. The second-order valence-electron chi connectivity index (χ2n) is 8.23. The fourth-order valence-electron chi connectivity index (χ4n) is 4.13. The van der Waals surface area contributed by atoms with E-state index in [1.165, 1.54) is 11.1 Å². The molecule has 0 saturated carbocycles. The molecule has 1 aliphatic rings. The minimum atomic E-state index is 0.0534. The predicted octanol–water partition coefficient (Wildman–Crippen LogP) is 4.79. The second-order valence-corrected chi connectivity index (χ2v) is 8.23. The Balaban J connectivity index is 1.53. The number of benzene rings is 2. The molecular formula is C25H34N2O2. The second kappa shape index (κ2) is 9.93. The van der Waals surface area contributed by atoms with E-state index in [-0.39, 0.29) is 17.9 Å². The summed E-state index contributed by atoms with van der Waals surface area (Å²) in [5.74, 6) is 1.19. The van der Waals surface area contributed by atoms with Crippen molar-refractivity contribution in [3.05, 3.63) is 64.7 Å². The van der Waals surface area contributed by atoms with E-state index in [1.807, 2.05) is 13.0 Å². The normalized spacial score (nSPS) is 16.4. The number of likely N-dealkylation sites (tertiary alicyclic amines) is 1. The van der Waals surface area contributed by atoms with Crippen LogP contribution in [0.3, 0.4) is 0 Å². The molecule has 0 unspecified atom stereocenters. The van der Waals surface area contributed by atoms with Gasteiger partial charge in [0.1, 0.15) is 5.75 Å². The third-order valence-electron chi connectivity index (χ3n) is 6.03. The van der Waals surface area contributed by atoms with E-state index in [4.69, 9.17) is 4.74 Å². The van der Waals surface area contributed by atoms with Gasteiger partial charge in [-0.05, 0) is 69.0 Å². The van der Waals surface area contributed by atoms with Crippen LogP contribution in [0.2, 0.25) is 0 Å². The molecule has 0 radical (unpaired) electrons. The van der Waals surface area contributed by atoms with E-state index < -0.39 is 0 Å². The molecule has 2 aromatic carbocycles. The number of ether oxygens (including phenoxy) is 1. The lowest BCUT2D eigenvalue weighted by Gasteiger charge is -2.32. The summed E-state index contributed by atoms with van der Waals surface area (Å²) < 4.78 is 5.36. The van der Waals surface area contributed by atoms with Crippen LogP contribution < -0.4 is 10.1 Å². The van der Waals surface area contributed by atoms with Crippen molar-refractivity contribution < 1.29 is 9.53 Å². The molecule has 1 amide bonds. The predicted molar refractivity (Wildman–Crippen MR) is 118 cm³/mol. The summed E-state index contributed by atoms with van der Waals surface area (Å²) >= 11 is 0. The van der Waals surface area contributed by atoms with Crippen molar-refractivity contribution in [3.63, 3.8) is 0 Å². The van der Waals surface area contributed by atoms with Crippen LogP contribution in [0.5, 0.6) is 5.75 Å². The van der Waals surface area contributed by atoms with E-state index in [2.05, 4.69) is 60.5 Å². The zero-order chi connectivity index (χ0) is 20.8. The first-order chi connectivity index (χ1) is 14.0. The molecule has 1 heterocycles. The highest BCUT2D eigenvalue weighted by Crippen LogP contribution is 2.26. The lowest BCUT2D eigenvalue weighted by molar-refractivity contribution is -0.127. The lowest BCUT2D eigenvalue weighted by atomic mass is 9.94. The Labute approximate surface area is 175 Å². The molecule has 0 spiro atoms. The van der Waals surface area contributed by atoms with Crippen LogP contribution in [-0.4, -0.2) is 31.0 Å². The monoisotopic (exact) mass is 394 g/mol. The fraction of sp³-hybridized carbons (Fsp3) is 0.480. The molecule has 1 aliphatic heterocycles. The molecule has 29 heavy (non-hydrogen) atoms. The molecule has 1 N–H and O–H groups in total. The number of nitrogens with one attached hydrogen (secondary N) is 1. The maximum Gasteiger partial charge on any atom is 0.223 e. The van der Waals surface area contributed by atoms with Crippen molar-refractivity contribution in [2.24, 2.45) is 5.92 Å². The first kappa shape index (κ1) is 21.4. The molecule has 0 aromatic heterocycles. The van der Waals surface area contributed by atoms with Gasteiger partial charge in [-0.1, -0.05) is 48.9 Å². The Morgan fingerprint density at radius 1 is 1.14 bits per heavy atom. The van der Waals surface area contributed by atoms with Crippen LogP contribution in [0.4, 0.5) is 0 Å². The highest BCUT2D eigenvalue weighted by atomic mass is 16.5. The highest BCUT2D eigenvalue weighted by molar-refractivity contribution is 5.79. The van der Waals surface area contributed by atoms with Crippen molar-refractivity contribution in [2.75, 3.05) is 20.2 Å².